The van der Waals surface area contributed by atoms with Gasteiger partial charge in [0.25, 0.3) is 0 Å². The van der Waals surface area contributed by atoms with Gasteiger partial charge >= 0.3 is 12.1 Å². The molecular weight excluding hydrogens is 431 g/mol. The maximum absolute atomic E-state index is 13.3. The van der Waals surface area contributed by atoms with Crippen molar-refractivity contribution in [1.29, 1.82) is 0 Å². The van der Waals surface area contributed by atoms with E-state index in [1.165, 1.54) is 6.07 Å². The van der Waals surface area contributed by atoms with Crippen molar-refractivity contribution >= 4 is 33.6 Å². The average molecular weight is 448 g/mol. The first-order chi connectivity index (χ1) is 12.4. The molecule has 1 N–H and O–H groups in total. The van der Waals surface area contributed by atoms with Crippen molar-refractivity contribution in [2.75, 3.05) is 6.54 Å². The maximum Gasteiger partial charge on any atom is 0.417 e. The van der Waals surface area contributed by atoms with Crippen molar-refractivity contribution in [2.24, 2.45) is 11.3 Å². The van der Waals surface area contributed by atoms with E-state index in [4.69, 9.17) is 0 Å². The van der Waals surface area contributed by atoms with E-state index in [1.54, 1.807) is 6.92 Å². The number of amides is 1. The molecule has 2 atom stereocenters. The van der Waals surface area contributed by atoms with Crippen molar-refractivity contribution in [3.63, 3.8) is 0 Å². The van der Waals surface area contributed by atoms with Crippen LogP contribution in [0.4, 0.5) is 13.2 Å². The summed E-state index contributed by atoms with van der Waals surface area (Å²) in [7, 11) is 0. The third kappa shape index (κ3) is 3.74. The molecule has 3 rings (SSSR count). The van der Waals surface area contributed by atoms with Crippen LogP contribution in [0.2, 0.25) is 0 Å². The molecule has 2 aliphatic rings. The minimum atomic E-state index is -4.73. The number of carboxylic acids is 1. The Morgan fingerprint density at radius 3 is 2.41 bits per heavy atom. The number of halogens is 4. The van der Waals surface area contributed by atoms with E-state index in [0.717, 1.165) is 17.0 Å². The SMILES string of the molecule is CC1(C(=O)N2CC(C(=O)c3ccc(Br)cc3C(F)(F)F)C[C@H]2C(=O)O)CC1. The molecule has 1 aromatic rings. The molecule has 0 aromatic heterocycles. The molecular formula is C18H17BrF3NO4. The molecule has 1 aromatic carbocycles. The number of likely N-dealkylation sites (tertiary alicyclic amines) is 1. The molecule has 9 heteroatoms. The normalized spacial score (nSPS) is 24.0. The fraction of sp³-hybridized carbons (Fsp3) is 0.500. The lowest BCUT2D eigenvalue weighted by Crippen LogP contribution is -2.43. The molecule has 0 spiro atoms. The van der Waals surface area contributed by atoms with Crippen molar-refractivity contribution in [2.45, 2.75) is 38.4 Å². The molecule has 27 heavy (non-hydrogen) atoms. The van der Waals surface area contributed by atoms with Gasteiger partial charge in [0, 0.05) is 27.9 Å². The predicted molar refractivity (Wildman–Crippen MR) is 92.1 cm³/mol. The molecule has 1 saturated carbocycles. The number of carboxylic acid groups (broad SMARTS) is 1. The Labute approximate surface area is 161 Å². The quantitative estimate of drug-likeness (QED) is 0.713. The van der Waals surface area contributed by atoms with E-state index >= 15 is 0 Å². The molecule has 0 bridgehead atoms. The van der Waals surface area contributed by atoms with Crippen molar-refractivity contribution < 1.29 is 32.7 Å². The molecule has 146 valence electrons. The van der Waals surface area contributed by atoms with Gasteiger partial charge in [-0.1, -0.05) is 22.9 Å². The summed E-state index contributed by atoms with van der Waals surface area (Å²) >= 11 is 2.97. The number of rotatable bonds is 4. The zero-order valence-corrected chi connectivity index (χ0v) is 15.9. The van der Waals surface area contributed by atoms with Crippen LogP contribution in [-0.4, -0.2) is 40.3 Å². The van der Waals surface area contributed by atoms with E-state index < -0.39 is 46.4 Å². The van der Waals surface area contributed by atoms with Crippen LogP contribution in [0, 0.1) is 11.3 Å². The average Bonchev–Trinajstić information content (AvgIpc) is 3.17. The summed E-state index contributed by atoms with van der Waals surface area (Å²) in [5, 5.41) is 9.42. The van der Waals surface area contributed by atoms with Gasteiger partial charge in [0.15, 0.2) is 5.78 Å². The summed E-state index contributed by atoms with van der Waals surface area (Å²) in [6.45, 7) is 1.54. The second-order valence-electron chi connectivity index (χ2n) is 7.36. The van der Waals surface area contributed by atoms with E-state index in [9.17, 15) is 32.7 Å². The van der Waals surface area contributed by atoms with Crippen LogP contribution < -0.4 is 0 Å². The fourth-order valence-corrected chi connectivity index (χ4v) is 3.78. The Bertz CT molecular complexity index is 819. The molecule has 0 radical (unpaired) electrons. The number of Topliss-reactive ketones (excluding diaryl/α,β-unsaturated/α-hetero) is 1. The summed E-state index contributed by atoms with van der Waals surface area (Å²) in [4.78, 5) is 38.1. The van der Waals surface area contributed by atoms with Crippen LogP contribution in [0.1, 0.15) is 42.1 Å². The number of carbonyl (C=O) groups is 3. The lowest BCUT2D eigenvalue weighted by Gasteiger charge is -2.24. The number of ketones is 1. The van der Waals surface area contributed by atoms with E-state index in [1.807, 2.05) is 0 Å². The lowest BCUT2D eigenvalue weighted by molar-refractivity contribution is -0.150. The summed E-state index contributed by atoms with van der Waals surface area (Å²) < 4.78 is 40.1. The van der Waals surface area contributed by atoms with Crippen LogP contribution in [0.25, 0.3) is 0 Å². The summed E-state index contributed by atoms with van der Waals surface area (Å²) in [5.74, 6) is -3.39. The Kier molecular flexibility index (Phi) is 4.86. The lowest BCUT2D eigenvalue weighted by atomic mass is 9.92. The summed E-state index contributed by atoms with van der Waals surface area (Å²) in [6.07, 6.45) is -3.64. The number of hydrogen-bond donors (Lipinski definition) is 1. The van der Waals surface area contributed by atoms with Crippen molar-refractivity contribution in [3.8, 4) is 0 Å². The zero-order chi connectivity index (χ0) is 20.1. The van der Waals surface area contributed by atoms with E-state index in [2.05, 4.69) is 15.9 Å². The maximum atomic E-state index is 13.3. The summed E-state index contributed by atoms with van der Waals surface area (Å²) in [6, 6.07) is 2.04. The molecule has 1 amide bonds. The van der Waals surface area contributed by atoms with Gasteiger partial charge in [-0.2, -0.15) is 13.2 Å². The number of benzene rings is 1. The Morgan fingerprint density at radius 1 is 1.26 bits per heavy atom. The van der Waals surface area contributed by atoms with Crippen LogP contribution in [0.3, 0.4) is 0 Å². The molecule has 1 aliphatic carbocycles. The highest BCUT2D eigenvalue weighted by atomic mass is 79.9. The highest BCUT2D eigenvalue weighted by Gasteiger charge is 2.53. The second kappa shape index (κ2) is 6.61. The van der Waals surface area contributed by atoms with E-state index in [-0.39, 0.29) is 23.3 Å². The minimum absolute atomic E-state index is 0.180. The molecule has 1 aliphatic heterocycles. The topological polar surface area (TPSA) is 74.7 Å². The number of alkyl halides is 3. The van der Waals surface area contributed by atoms with Crippen LogP contribution >= 0.6 is 15.9 Å². The Hall–Kier alpha value is -1.90. The van der Waals surface area contributed by atoms with Gasteiger partial charge in [0.1, 0.15) is 6.04 Å². The number of nitrogens with zero attached hydrogens (tertiary/aromatic N) is 1. The van der Waals surface area contributed by atoms with Gasteiger partial charge in [0.2, 0.25) is 5.91 Å². The van der Waals surface area contributed by atoms with Gasteiger partial charge in [-0.15, -0.1) is 0 Å². The van der Waals surface area contributed by atoms with Crippen molar-refractivity contribution in [1.82, 2.24) is 4.90 Å². The second-order valence-corrected chi connectivity index (χ2v) is 8.27. The molecule has 5 nitrogen and oxygen atoms in total. The minimum Gasteiger partial charge on any atom is -0.480 e. The first-order valence-corrected chi connectivity index (χ1v) is 9.18. The number of hydrogen-bond acceptors (Lipinski definition) is 3. The van der Waals surface area contributed by atoms with Gasteiger partial charge in [-0.25, -0.2) is 4.79 Å². The monoisotopic (exact) mass is 447 g/mol. The Balaban J connectivity index is 1.90. The van der Waals surface area contributed by atoms with Crippen LogP contribution in [0.5, 0.6) is 0 Å². The standard InChI is InChI=1S/C18H17BrF3NO4/c1-17(4-5-17)16(27)23-8-9(6-13(23)15(25)26)14(24)11-3-2-10(19)7-12(11)18(20,21)22/h2-3,7,9,13H,4-6,8H2,1H3,(H,25,26)/t9?,13-/m0/s1. The molecule has 2 fully saturated rings. The highest BCUT2D eigenvalue weighted by molar-refractivity contribution is 9.10. The van der Waals surface area contributed by atoms with E-state index in [0.29, 0.717) is 12.8 Å². The Morgan fingerprint density at radius 2 is 1.89 bits per heavy atom. The first-order valence-electron chi connectivity index (χ1n) is 8.39. The molecule has 1 saturated heterocycles. The molecule has 1 heterocycles. The van der Waals surface area contributed by atoms with Gasteiger partial charge in [-0.3, -0.25) is 9.59 Å². The smallest absolute Gasteiger partial charge is 0.417 e. The van der Waals surface area contributed by atoms with Gasteiger partial charge < -0.3 is 10.0 Å². The van der Waals surface area contributed by atoms with Crippen LogP contribution in [-0.2, 0) is 15.8 Å². The highest BCUT2D eigenvalue weighted by Crippen LogP contribution is 2.48. The van der Waals surface area contributed by atoms with Crippen molar-refractivity contribution in [3.05, 3.63) is 33.8 Å². The number of carbonyl (C=O) groups excluding carboxylic acids is 2. The van der Waals surface area contributed by atoms with Crippen LogP contribution in [0.15, 0.2) is 22.7 Å². The summed E-state index contributed by atoms with van der Waals surface area (Å²) in [5.41, 5.74) is -2.21. The third-order valence-electron chi connectivity index (χ3n) is 5.29. The number of aliphatic carboxylic acids is 1. The van der Waals surface area contributed by atoms with Gasteiger partial charge in [-0.05, 0) is 37.5 Å². The van der Waals surface area contributed by atoms with Gasteiger partial charge in [0.05, 0.1) is 5.56 Å². The predicted octanol–water partition coefficient (Wildman–Crippen LogP) is 3.75. The third-order valence-corrected chi connectivity index (χ3v) is 5.78. The molecule has 1 unspecified atom stereocenters. The largest absolute Gasteiger partial charge is 0.480 e. The fourth-order valence-electron chi connectivity index (χ4n) is 3.42. The zero-order valence-electron chi connectivity index (χ0n) is 14.3. The first kappa shape index (κ1) is 19.9.